The third-order valence-electron chi connectivity index (χ3n) is 6.25. The lowest BCUT2D eigenvalue weighted by molar-refractivity contribution is -0.136. The van der Waals surface area contributed by atoms with Crippen molar-refractivity contribution in [3.05, 3.63) is 71.3 Å². The average molecular weight is 458 g/mol. The number of imide groups is 1. The van der Waals surface area contributed by atoms with E-state index >= 15 is 0 Å². The number of urea groups is 1. The number of phenolic OH excluding ortho intramolecular Hbond substituents is 1. The minimum atomic E-state index is -0.759. The van der Waals surface area contributed by atoms with Gasteiger partial charge in [0.1, 0.15) is 11.8 Å². The largest absolute Gasteiger partial charge is 0.507 e. The maximum atomic E-state index is 12.8. The van der Waals surface area contributed by atoms with Crippen LogP contribution in [0, 0.1) is 0 Å². The average Bonchev–Trinajstić information content (AvgIpc) is 3.16. The molecule has 2 aliphatic rings. The van der Waals surface area contributed by atoms with E-state index in [1.807, 2.05) is 42.5 Å². The van der Waals surface area contributed by atoms with Crippen LogP contribution >= 0.6 is 0 Å². The van der Waals surface area contributed by atoms with Crippen LogP contribution in [0.3, 0.4) is 0 Å². The molecule has 4 N–H and O–H groups in total. The number of amides is 5. The van der Waals surface area contributed by atoms with Gasteiger partial charge in [-0.2, -0.15) is 0 Å². The van der Waals surface area contributed by atoms with Gasteiger partial charge in [0, 0.05) is 35.0 Å². The van der Waals surface area contributed by atoms with Gasteiger partial charge in [0.2, 0.25) is 11.8 Å². The molecule has 5 amide bonds. The summed E-state index contributed by atoms with van der Waals surface area (Å²) in [7, 11) is 0. The zero-order valence-electron chi connectivity index (χ0n) is 18.1. The summed E-state index contributed by atoms with van der Waals surface area (Å²) in [6.07, 6.45) is 0.400. The summed E-state index contributed by atoms with van der Waals surface area (Å²) in [5.41, 5.74) is 1.83. The predicted octanol–water partition coefficient (Wildman–Crippen LogP) is 2.63. The molecule has 3 aromatic rings. The molecule has 0 aromatic heterocycles. The van der Waals surface area contributed by atoms with Crippen molar-refractivity contribution in [2.24, 2.45) is 0 Å². The van der Waals surface area contributed by atoms with Crippen molar-refractivity contribution in [1.82, 2.24) is 15.5 Å². The molecule has 0 saturated carbocycles. The molecule has 0 radical (unpaired) electrons. The fourth-order valence-electron chi connectivity index (χ4n) is 4.49. The standard InChI is InChI=1S/C25H22N4O5/c30-21-11-10-20(23(32)28-21)29-13-18-17(24(29)33)9-8-15(22(18)31)12-26-25(34)27-19-7-3-5-14-4-1-2-6-16(14)19/h1-9,20,31H,10-13H2,(H2,26,27,34)(H,28,30,32). The molecule has 0 spiro atoms. The first kappa shape index (κ1) is 21.4. The molecule has 0 aliphatic carbocycles. The molecule has 1 saturated heterocycles. The second-order valence-electron chi connectivity index (χ2n) is 8.33. The smallest absolute Gasteiger partial charge is 0.319 e. The molecule has 9 heteroatoms. The minimum absolute atomic E-state index is 0.0440. The van der Waals surface area contributed by atoms with E-state index in [2.05, 4.69) is 16.0 Å². The van der Waals surface area contributed by atoms with Crippen LogP contribution in [0.1, 0.15) is 34.3 Å². The van der Waals surface area contributed by atoms with E-state index < -0.39 is 18.0 Å². The van der Waals surface area contributed by atoms with E-state index in [1.165, 1.54) is 4.90 Å². The molecule has 9 nitrogen and oxygen atoms in total. The van der Waals surface area contributed by atoms with Crippen LogP contribution in [0.5, 0.6) is 5.75 Å². The number of nitrogens with zero attached hydrogens (tertiary/aromatic N) is 1. The van der Waals surface area contributed by atoms with Gasteiger partial charge in [-0.25, -0.2) is 4.79 Å². The highest BCUT2D eigenvalue weighted by Gasteiger charge is 2.40. The zero-order valence-corrected chi connectivity index (χ0v) is 18.1. The highest BCUT2D eigenvalue weighted by molar-refractivity contribution is 6.06. The highest BCUT2D eigenvalue weighted by atomic mass is 16.3. The van der Waals surface area contributed by atoms with Gasteiger partial charge in [-0.1, -0.05) is 42.5 Å². The van der Waals surface area contributed by atoms with E-state index in [-0.39, 0.29) is 43.5 Å². The summed E-state index contributed by atoms with van der Waals surface area (Å²) in [5, 5.41) is 20.5. The van der Waals surface area contributed by atoms with Crippen LogP contribution < -0.4 is 16.0 Å². The molecule has 2 heterocycles. The van der Waals surface area contributed by atoms with Crippen molar-refractivity contribution in [2.45, 2.75) is 32.0 Å². The number of hydrogen-bond acceptors (Lipinski definition) is 5. The number of rotatable bonds is 4. The van der Waals surface area contributed by atoms with E-state index in [4.69, 9.17) is 0 Å². The van der Waals surface area contributed by atoms with Gasteiger partial charge >= 0.3 is 6.03 Å². The fourth-order valence-corrected chi connectivity index (χ4v) is 4.49. The van der Waals surface area contributed by atoms with E-state index in [9.17, 15) is 24.3 Å². The van der Waals surface area contributed by atoms with E-state index in [1.54, 1.807) is 12.1 Å². The molecule has 1 unspecified atom stereocenters. The van der Waals surface area contributed by atoms with Gasteiger partial charge in [0.05, 0.1) is 12.2 Å². The third kappa shape index (κ3) is 3.81. The Labute approximate surface area is 194 Å². The minimum Gasteiger partial charge on any atom is -0.507 e. The quantitative estimate of drug-likeness (QED) is 0.447. The van der Waals surface area contributed by atoms with Crippen LogP contribution in [0.4, 0.5) is 10.5 Å². The number of benzene rings is 3. The Morgan fingerprint density at radius 1 is 1.06 bits per heavy atom. The van der Waals surface area contributed by atoms with Gasteiger partial charge in [-0.15, -0.1) is 0 Å². The molecule has 3 aromatic carbocycles. The van der Waals surface area contributed by atoms with Crippen LogP contribution in [-0.4, -0.2) is 39.8 Å². The van der Waals surface area contributed by atoms with Gasteiger partial charge in [0.25, 0.3) is 5.91 Å². The number of aromatic hydroxyl groups is 1. The molecule has 1 fully saturated rings. The van der Waals surface area contributed by atoms with Gasteiger partial charge in [0.15, 0.2) is 0 Å². The number of phenols is 1. The molecule has 5 rings (SSSR count). The molecular weight excluding hydrogens is 436 g/mol. The van der Waals surface area contributed by atoms with Crippen LogP contribution in [0.15, 0.2) is 54.6 Å². The van der Waals surface area contributed by atoms with Crippen LogP contribution in [0.25, 0.3) is 10.8 Å². The Morgan fingerprint density at radius 3 is 2.68 bits per heavy atom. The van der Waals surface area contributed by atoms with Gasteiger partial charge in [-0.05, 0) is 23.9 Å². The molecule has 0 bridgehead atoms. The molecule has 172 valence electrons. The normalized spacial score (nSPS) is 17.5. The van der Waals surface area contributed by atoms with Crippen molar-refractivity contribution in [3.8, 4) is 5.75 Å². The van der Waals surface area contributed by atoms with Gasteiger partial charge in [-0.3, -0.25) is 19.7 Å². The van der Waals surface area contributed by atoms with Crippen molar-refractivity contribution >= 4 is 40.2 Å². The lowest BCUT2D eigenvalue weighted by Crippen LogP contribution is -2.52. The number of carbonyl (C=O) groups excluding carboxylic acids is 4. The SMILES string of the molecule is O=C1CCC(N2Cc3c(ccc(CNC(=O)Nc4cccc5ccccc45)c3O)C2=O)C(=O)N1. The highest BCUT2D eigenvalue weighted by Crippen LogP contribution is 2.35. The molecular formula is C25H22N4O5. The fraction of sp³-hybridized carbons (Fsp3) is 0.200. The number of nitrogens with one attached hydrogen (secondary N) is 3. The summed E-state index contributed by atoms with van der Waals surface area (Å²) in [6.45, 7) is 0.102. The number of anilines is 1. The monoisotopic (exact) mass is 458 g/mol. The summed E-state index contributed by atoms with van der Waals surface area (Å²) < 4.78 is 0. The Bertz CT molecular complexity index is 1350. The summed E-state index contributed by atoms with van der Waals surface area (Å²) >= 11 is 0. The predicted molar refractivity (Wildman–Crippen MR) is 124 cm³/mol. The molecule has 1 atom stereocenters. The second-order valence-corrected chi connectivity index (χ2v) is 8.33. The van der Waals surface area contributed by atoms with E-state index in [0.717, 1.165) is 10.8 Å². The first-order chi connectivity index (χ1) is 16.4. The Balaban J connectivity index is 1.28. The lowest BCUT2D eigenvalue weighted by atomic mass is 10.0. The summed E-state index contributed by atoms with van der Waals surface area (Å²) in [4.78, 5) is 50.3. The Kier molecular flexibility index (Phi) is 5.37. The maximum Gasteiger partial charge on any atom is 0.319 e. The zero-order chi connectivity index (χ0) is 23.8. The Hall–Kier alpha value is -4.40. The summed E-state index contributed by atoms with van der Waals surface area (Å²) in [6, 6.07) is 15.3. The van der Waals surface area contributed by atoms with E-state index in [0.29, 0.717) is 22.4 Å². The third-order valence-corrected chi connectivity index (χ3v) is 6.25. The van der Waals surface area contributed by atoms with Crippen LogP contribution in [-0.2, 0) is 22.7 Å². The number of carbonyl (C=O) groups is 4. The first-order valence-electron chi connectivity index (χ1n) is 10.9. The number of hydrogen-bond donors (Lipinski definition) is 4. The van der Waals surface area contributed by atoms with Crippen molar-refractivity contribution in [3.63, 3.8) is 0 Å². The van der Waals surface area contributed by atoms with Crippen LogP contribution in [0.2, 0.25) is 0 Å². The first-order valence-corrected chi connectivity index (χ1v) is 10.9. The number of fused-ring (bicyclic) bond motifs is 2. The molecule has 2 aliphatic heterocycles. The summed E-state index contributed by atoms with van der Waals surface area (Å²) in [5.74, 6) is -1.33. The Morgan fingerprint density at radius 2 is 1.85 bits per heavy atom. The van der Waals surface area contributed by atoms with Crippen molar-refractivity contribution < 1.29 is 24.3 Å². The lowest BCUT2D eigenvalue weighted by Gasteiger charge is -2.29. The van der Waals surface area contributed by atoms with Crippen molar-refractivity contribution in [2.75, 3.05) is 5.32 Å². The van der Waals surface area contributed by atoms with Gasteiger partial charge < -0.3 is 20.6 Å². The van der Waals surface area contributed by atoms with Crippen molar-refractivity contribution in [1.29, 1.82) is 0 Å². The number of piperidine rings is 1. The molecule has 34 heavy (non-hydrogen) atoms. The topological polar surface area (TPSA) is 128 Å². The maximum absolute atomic E-state index is 12.8. The second kappa shape index (κ2) is 8.51.